The molecule has 0 radical (unpaired) electrons. The number of benzene rings is 1. The molecule has 1 nitrogen and oxygen atoms in total. The Hall–Kier alpha value is -0.890. The van der Waals surface area contributed by atoms with Crippen LogP contribution >= 0.6 is 0 Å². The normalized spacial score (nSPS) is 25.4. The first-order valence-electron chi connectivity index (χ1n) is 6.78. The van der Waals surface area contributed by atoms with Gasteiger partial charge in [-0.3, -0.25) is 0 Å². The highest BCUT2D eigenvalue weighted by Gasteiger charge is 2.29. The van der Waals surface area contributed by atoms with Gasteiger partial charge >= 0.3 is 0 Å². The van der Waals surface area contributed by atoms with Crippen molar-refractivity contribution >= 4 is 0 Å². The van der Waals surface area contributed by atoms with E-state index in [-0.39, 0.29) is 5.82 Å². The predicted molar refractivity (Wildman–Crippen MR) is 67.4 cm³/mol. The molecule has 0 spiro atoms. The molecule has 92 valence electrons. The Balaban J connectivity index is 1.70. The van der Waals surface area contributed by atoms with E-state index in [1.54, 1.807) is 12.1 Å². The monoisotopic (exact) mass is 233 g/mol. The number of rotatable bonds is 3. The van der Waals surface area contributed by atoms with Crippen LogP contribution in [0, 0.1) is 11.7 Å². The molecule has 0 heterocycles. The highest BCUT2D eigenvalue weighted by atomic mass is 19.1. The molecule has 1 aromatic carbocycles. The molecule has 0 aromatic heterocycles. The summed E-state index contributed by atoms with van der Waals surface area (Å²) in [6.07, 6.45) is 6.27. The first-order valence-corrected chi connectivity index (χ1v) is 6.78. The van der Waals surface area contributed by atoms with E-state index in [9.17, 15) is 4.39 Å². The van der Waals surface area contributed by atoms with E-state index in [0.29, 0.717) is 12.1 Å². The third-order valence-corrected chi connectivity index (χ3v) is 4.50. The molecule has 1 saturated carbocycles. The second-order valence-corrected chi connectivity index (χ2v) is 5.58. The fourth-order valence-electron chi connectivity index (χ4n) is 3.15. The van der Waals surface area contributed by atoms with E-state index in [0.717, 1.165) is 18.8 Å². The van der Waals surface area contributed by atoms with Crippen molar-refractivity contribution < 1.29 is 4.39 Å². The minimum atomic E-state index is -0.101. The molecule has 2 atom stereocenters. The van der Waals surface area contributed by atoms with Crippen LogP contribution in [0.3, 0.4) is 0 Å². The Morgan fingerprint density at radius 3 is 2.82 bits per heavy atom. The number of fused-ring (bicyclic) bond motifs is 1. The fourth-order valence-corrected chi connectivity index (χ4v) is 3.15. The molecule has 1 N–H and O–H groups in total. The minimum absolute atomic E-state index is 0.101. The third-order valence-electron chi connectivity index (χ3n) is 4.50. The summed E-state index contributed by atoms with van der Waals surface area (Å²) in [4.78, 5) is 0. The average Bonchev–Trinajstić information content (AvgIpc) is 2.58. The van der Waals surface area contributed by atoms with Crippen molar-refractivity contribution in [2.75, 3.05) is 0 Å². The molecule has 0 saturated heterocycles. The van der Waals surface area contributed by atoms with Gasteiger partial charge in [0.15, 0.2) is 0 Å². The summed E-state index contributed by atoms with van der Waals surface area (Å²) < 4.78 is 13.1. The Labute approximate surface area is 102 Å². The third kappa shape index (κ3) is 2.11. The second-order valence-electron chi connectivity index (χ2n) is 5.58. The fraction of sp³-hybridized carbons (Fsp3) is 0.600. The molecule has 0 bridgehead atoms. The van der Waals surface area contributed by atoms with Crippen LogP contribution in [0.1, 0.15) is 49.8 Å². The Morgan fingerprint density at radius 2 is 2.12 bits per heavy atom. The van der Waals surface area contributed by atoms with Gasteiger partial charge in [-0.2, -0.15) is 0 Å². The maximum atomic E-state index is 13.1. The Morgan fingerprint density at radius 1 is 1.29 bits per heavy atom. The van der Waals surface area contributed by atoms with Crippen molar-refractivity contribution in [3.8, 4) is 0 Å². The van der Waals surface area contributed by atoms with Crippen LogP contribution in [0.15, 0.2) is 18.2 Å². The van der Waals surface area contributed by atoms with Gasteiger partial charge in [0.1, 0.15) is 5.82 Å². The number of nitrogens with one attached hydrogen (secondary N) is 1. The molecule has 2 heteroatoms. The molecule has 1 aromatic rings. The molecule has 0 amide bonds. The van der Waals surface area contributed by atoms with Crippen LogP contribution in [-0.2, 0) is 6.42 Å². The van der Waals surface area contributed by atoms with Crippen LogP contribution in [0.25, 0.3) is 0 Å². The summed E-state index contributed by atoms with van der Waals surface area (Å²) in [5.41, 5.74) is 2.51. The van der Waals surface area contributed by atoms with Crippen molar-refractivity contribution in [1.82, 2.24) is 5.32 Å². The van der Waals surface area contributed by atoms with Gasteiger partial charge in [0, 0.05) is 12.1 Å². The lowest BCUT2D eigenvalue weighted by atomic mass is 9.80. The van der Waals surface area contributed by atoms with Gasteiger partial charge in [-0.1, -0.05) is 12.5 Å². The SMILES string of the molecule is CC(NC1CCc2cc(F)ccc21)C1CCC1. The van der Waals surface area contributed by atoms with E-state index in [2.05, 4.69) is 12.2 Å². The van der Waals surface area contributed by atoms with Crippen molar-refractivity contribution in [2.45, 2.75) is 51.1 Å². The first-order chi connectivity index (χ1) is 8.24. The number of halogens is 1. The summed E-state index contributed by atoms with van der Waals surface area (Å²) in [5, 5.41) is 3.73. The zero-order valence-corrected chi connectivity index (χ0v) is 10.4. The standard InChI is InChI=1S/C15H20FN/c1-10(11-3-2-4-11)17-15-8-5-12-9-13(16)6-7-14(12)15/h6-7,9-11,15,17H,2-5,8H2,1H3. The highest BCUT2D eigenvalue weighted by molar-refractivity contribution is 5.35. The topological polar surface area (TPSA) is 12.0 Å². The van der Waals surface area contributed by atoms with Gasteiger partial charge in [-0.15, -0.1) is 0 Å². The van der Waals surface area contributed by atoms with Gasteiger partial charge in [0.25, 0.3) is 0 Å². The van der Waals surface area contributed by atoms with Crippen molar-refractivity contribution in [3.05, 3.63) is 35.1 Å². The number of hydrogen-bond acceptors (Lipinski definition) is 1. The van der Waals surface area contributed by atoms with Crippen LogP contribution < -0.4 is 5.32 Å². The number of hydrogen-bond donors (Lipinski definition) is 1. The molecule has 2 unspecified atom stereocenters. The maximum Gasteiger partial charge on any atom is 0.123 e. The molecule has 2 aliphatic rings. The molecule has 2 aliphatic carbocycles. The van der Waals surface area contributed by atoms with E-state index in [1.165, 1.54) is 30.4 Å². The van der Waals surface area contributed by atoms with Gasteiger partial charge in [-0.05, 0) is 61.8 Å². The highest BCUT2D eigenvalue weighted by Crippen LogP contribution is 2.35. The van der Waals surface area contributed by atoms with Gasteiger partial charge in [-0.25, -0.2) is 4.39 Å². The van der Waals surface area contributed by atoms with Gasteiger partial charge in [0.05, 0.1) is 0 Å². The average molecular weight is 233 g/mol. The second kappa shape index (κ2) is 4.41. The first kappa shape index (κ1) is 11.2. The molecule has 1 fully saturated rings. The van der Waals surface area contributed by atoms with E-state index in [1.807, 2.05) is 6.07 Å². The summed E-state index contributed by atoms with van der Waals surface area (Å²) in [5.74, 6) is 0.760. The van der Waals surface area contributed by atoms with Crippen LogP contribution in [0.5, 0.6) is 0 Å². The molecule has 0 aliphatic heterocycles. The van der Waals surface area contributed by atoms with Crippen molar-refractivity contribution in [1.29, 1.82) is 0 Å². The van der Waals surface area contributed by atoms with E-state index >= 15 is 0 Å². The predicted octanol–water partition coefficient (Wildman–Crippen LogP) is 3.59. The zero-order valence-electron chi connectivity index (χ0n) is 10.4. The van der Waals surface area contributed by atoms with Crippen LogP contribution in [0.2, 0.25) is 0 Å². The lowest BCUT2D eigenvalue weighted by Crippen LogP contribution is -2.38. The van der Waals surface area contributed by atoms with Crippen molar-refractivity contribution in [3.63, 3.8) is 0 Å². The smallest absolute Gasteiger partial charge is 0.123 e. The van der Waals surface area contributed by atoms with Gasteiger partial charge < -0.3 is 5.32 Å². The van der Waals surface area contributed by atoms with Crippen LogP contribution in [-0.4, -0.2) is 6.04 Å². The lowest BCUT2D eigenvalue weighted by molar-refractivity contribution is 0.226. The number of aryl methyl sites for hydroxylation is 1. The summed E-state index contributed by atoms with van der Waals surface area (Å²) in [6.45, 7) is 2.30. The molecule has 17 heavy (non-hydrogen) atoms. The van der Waals surface area contributed by atoms with Crippen molar-refractivity contribution in [2.24, 2.45) is 5.92 Å². The molecular formula is C15H20FN. The summed E-state index contributed by atoms with van der Waals surface area (Å²) in [7, 11) is 0. The minimum Gasteiger partial charge on any atom is -0.307 e. The lowest BCUT2D eigenvalue weighted by Gasteiger charge is -2.34. The molecule has 3 rings (SSSR count). The van der Waals surface area contributed by atoms with E-state index in [4.69, 9.17) is 0 Å². The Bertz CT molecular complexity index is 411. The van der Waals surface area contributed by atoms with Crippen LogP contribution in [0.4, 0.5) is 4.39 Å². The van der Waals surface area contributed by atoms with E-state index < -0.39 is 0 Å². The summed E-state index contributed by atoms with van der Waals surface area (Å²) >= 11 is 0. The zero-order chi connectivity index (χ0) is 11.8. The summed E-state index contributed by atoms with van der Waals surface area (Å²) in [6, 6.07) is 6.30. The quantitative estimate of drug-likeness (QED) is 0.841. The van der Waals surface area contributed by atoms with Gasteiger partial charge in [0.2, 0.25) is 0 Å². The molecular weight excluding hydrogens is 213 g/mol. The largest absolute Gasteiger partial charge is 0.307 e. The Kier molecular flexibility index (Phi) is 2.91. The maximum absolute atomic E-state index is 13.1.